The molecule has 16 rings (SSSR count). The molecule has 4 aromatic heterocycles. The highest BCUT2D eigenvalue weighted by molar-refractivity contribution is 7.19. The Kier molecular flexibility index (Phi) is 12.9. The summed E-state index contributed by atoms with van der Waals surface area (Å²) in [5, 5.41) is 4.85. The molecule has 406 valence electrons. The van der Waals surface area contributed by atoms with Gasteiger partial charge in [0.1, 0.15) is 0 Å². The molecule has 0 saturated carbocycles. The van der Waals surface area contributed by atoms with Gasteiger partial charge in [0.05, 0.1) is 22.1 Å². The van der Waals surface area contributed by atoms with Crippen molar-refractivity contribution in [1.82, 2.24) is 9.13 Å². The minimum absolute atomic E-state index is 1.07. The molecule has 0 aliphatic carbocycles. The van der Waals surface area contributed by atoms with Crippen LogP contribution in [0.2, 0.25) is 0 Å². The van der Waals surface area contributed by atoms with Crippen molar-refractivity contribution in [3.63, 3.8) is 0 Å². The SMILES string of the molecule is c1ccc(-c2ccc(-c3ccc(N(c4ccc(-c5ccc(N(c6ccc(-c7ccc(-c8ccccc8)s7)cc6)c6ccc7c(c6)c6ccccc6n7-c6ccccc6)cc5)cc4)c4ccc5c(c4)c4ccccc4n5-c4ccccc4)cc3)s2)cc1. The third-order valence-corrected chi connectivity index (χ3v) is 19.0. The van der Waals surface area contributed by atoms with Gasteiger partial charge < -0.3 is 18.9 Å². The molecule has 0 fully saturated rings. The number of benzene rings is 12. The van der Waals surface area contributed by atoms with Gasteiger partial charge >= 0.3 is 0 Å². The highest BCUT2D eigenvalue weighted by Crippen LogP contribution is 2.45. The molecule has 0 amide bonds. The molecule has 4 heterocycles. The van der Waals surface area contributed by atoms with Crippen LogP contribution in [0.3, 0.4) is 0 Å². The van der Waals surface area contributed by atoms with Crippen LogP contribution in [0.5, 0.6) is 0 Å². The predicted molar refractivity (Wildman–Crippen MR) is 367 cm³/mol. The third kappa shape index (κ3) is 9.25. The van der Waals surface area contributed by atoms with E-state index in [9.17, 15) is 0 Å². The van der Waals surface area contributed by atoms with Gasteiger partial charge in [-0.05, 0) is 179 Å². The van der Waals surface area contributed by atoms with Gasteiger partial charge in [-0.25, -0.2) is 0 Å². The van der Waals surface area contributed by atoms with Gasteiger partial charge in [0.25, 0.3) is 0 Å². The average molecular weight is 1140 g/mol. The Labute approximate surface area is 507 Å². The second-order valence-corrected chi connectivity index (χ2v) is 23.9. The van der Waals surface area contributed by atoms with Gasteiger partial charge in [-0.3, -0.25) is 0 Å². The Balaban J connectivity index is 0.765. The third-order valence-electron chi connectivity index (χ3n) is 16.6. The summed E-state index contributed by atoms with van der Waals surface area (Å²) in [6.07, 6.45) is 0. The molecule has 12 aromatic carbocycles. The summed E-state index contributed by atoms with van der Waals surface area (Å²) in [4.78, 5) is 9.81. The molecule has 0 spiro atoms. The number of anilines is 6. The van der Waals surface area contributed by atoms with Gasteiger partial charge in [0.15, 0.2) is 0 Å². The van der Waals surface area contributed by atoms with Gasteiger partial charge in [0, 0.05) is 86.6 Å². The van der Waals surface area contributed by atoms with Crippen molar-refractivity contribution in [3.8, 4) is 64.3 Å². The lowest BCUT2D eigenvalue weighted by atomic mass is 10.0. The van der Waals surface area contributed by atoms with E-state index in [1.165, 1.54) is 85.4 Å². The zero-order chi connectivity index (χ0) is 56.9. The fourth-order valence-electron chi connectivity index (χ4n) is 12.5. The Morgan fingerprint density at radius 2 is 0.465 bits per heavy atom. The topological polar surface area (TPSA) is 16.3 Å². The summed E-state index contributed by atoms with van der Waals surface area (Å²) in [6, 6.07) is 119. The van der Waals surface area contributed by atoms with Gasteiger partial charge in [-0.2, -0.15) is 0 Å². The minimum atomic E-state index is 1.07. The van der Waals surface area contributed by atoms with Crippen molar-refractivity contribution in [3.05, 3.63) is 328 Å². The number of hydrogen-bond acceptors (Lipinski definition) is 4. The maximum Gasteiger partial charge on any atom is 0.0542 e. The number of thiophene rings is 2. The number of aromatic nitrogens is 2. The second-order valence-electron chi connectivity index (χ2n) is 21.7. The zero-order valence-corrected chi connectivity index (χ0v) is 48.4. The normalized spacial score (nSPS) is 11.5. The number of para-hydroxylation sites is 4. The van der Waals surface area contributed by atoms with E-state index in [1.807, 2.05) is 22.7 Å². The second kappa shape index (κ2) is 21.8. The van der Waals surface area contributed by atoms with Crippen LogP contribution in [0.1, 0.15) is 0 Å². The van der Waals surface area contributed by atoms with E-state index < -0.39 is 0 Å². The van der Waals surface area contributed by atoms with Crippen LogP contribution < -0.4 is 9.80 Å². The van der Waals surface area contributed by atoms with Crippen molar-refractivity contribution >= 4 is 100 Å². The van der Waals surface area contributed by atoms with Crippen molar-refractivity contribution in [2.24, 2.45) is 0 Å². The van der Waals surface area contributed by atoms with Crippen LogP contribution in [0.15, 0.2) is 328 Å². The maximum absolute atomic E-state index is 2.40. The standard InChI is InChI=1S/C80H54N4S2/c1-5-17-57(18-6-1)77-49-51-79(85-77)59-33-41-65(42-34-59)81(67-45-47-75-71(53-67)69-25-13-15-27-73(69)83(75)61-21-9-3-10-22-61)63-37-29-55(30-38-63)56-31-39-64(40-32-56)82(66-43-35-60(36-44-66)80-52-50-78(86-80)58-19-7-2-8-20-58)68-46-48-76-72(54-68)70-26-14-16-28-74(70)84(76)62-23-11-4-12-24-62/h1-54H. The molecule has 0 aliphatic heterocycles. The summed E-state index contributed by atoms with van der Waals surface area (Å²) in [7, 11) is 0. The van der Waals surface area contributed by atoms with E-state index in [2.05, 4.69) is 347 Å². The molecule has 0 radical (unpaired) electrons. The van der Waals surface area contributed by atoms with Crippen molar-refractivity contribution in [2.75, 3.05) is 9.80 Å². The van der Waals surface area contributed by atoms with Gasteiger partial charge in [-0.1, -0.05) is 182 Å². The summed E-state index contributed by atoms with van der Waals surface area (Å²) in [6.45, 7) is 0. The highest BCUT2D eigenvalue weighted by atomic mass is 32.1. The van der Waals surface area contributed by atoms with Crippen LogP contribution in [-0.4, -0.2) is 9.13 Å². The first-order valence-electron chi connectivity index (χ1n) is 29.1. The van der Waals surface area contributed by atoms with Crippen LogP contribution in [0, 0.1) is 0 Å². The number of rotatable bonds is 13. The van der Waals surface area contributed by atoms with E-state index in [0.717, 1.165) is 56.6 Å². The molecule has 6 heteroatoms. The first kappa shape index (κ1) is 50.9. The average Bonchev–Trinajstić information content (AvgIpc) is 2.80. The van der Waals surface area contributed by atoms with E-state index >= 15 is 0 Å². The summed E-state index contributed by atoms with van der Waals surface area (Å²) >= 11 is 3.66. The van der Waals surface area contributed by atoms with Crippen LogP contribution in [-0.2, 0) is 0 Å². The molecule has 0 N–H and O–H groups in total. The first-order chi connectivity index (χ1) is 42.6. The maximum atomic E-state index is 2.40. The summed E-state index contributed by atoms with van der Waals surface area (Å²) in [5.74, 6) is 0. The van der Waals surface area contributed by atoms with Gasteiger partial charge in [-0.15, -0.1) is 22.7 Å². The summed E-state index contributed by atoms with van der Waals surface area (Å²) < 4.78 is 4.76. The molecule has 16 aromatic rings. The largest absolute Gasteiger partial charge is 0.310 e. The van der Waals surface area contributed by atoms with E-state index in [0.29, 0.717) is 0 Å². The number of fused-ring (bicyclic) bond motifs is 6. The van der Waals surface area contributed by atoms with Crippen molar-refractivity contribution < 1.29 is 0 Å². The van der Waals surface area contributed by atoms with Crippen LogP contribution in [0.4, 0.5) is 34.1 Å². The Bertz CT molecular complexity index is 4740. The lowest BCUT2D eigenvalue weighted by molar-refractivity contribution is 1.18. The van der Waals surface area contributed by atoms with Crippen LogP contribution >= 0.6 is 22.7 Å². The van der Waals surface area contributed by atoms with Crippen molar-refractivity contribution in [2.45, 2.75) is 0 Å². The molecule has 0 unspecified atom stereocenters. The molecule has 0 aliphatic rings. The van der Waals surface area contributed by atoms with Crippen molar-refractivity contribution in [1.29, 1.82) is 0 Å². The molecular formula is C80H54N4S2. The van der Waals surface area contributed by atoms with Crippen LogP contribution in [0.25, 0.3) is 108 Å². The quantitative estimate of drug-likeness (QED) is 0.114. The molecular weight excluding hydrogens is 1080 g/mol. The fourth-order valence-corrected chi connectivity index (χ4v) is 14.5. The fraction of sp³-hybridized carbons (Fsp3) is 0. The summed E-state index contributed by atoms with van der Waals surface area (Å²) in [5.41, 5.74) is 20.6. The van der Waals surface area contributed by atoms with E-state index in [-0.39, 0.29) is 0 Å². The van der Waals surface area contributed by atoms with Gasteiger partial charge in [0.2, 0.25) is 0 Å². The Hall–Kier alpha value is -10.8. The highest BCUT2D eigenvalue weighted by Gasteiger charge is 2.21. The molecule has 0 saturated heterocycles. The monoisotopic (exact) mass is 1130 g/mol. The molecule has 86 heavy (non-hydrogen) atoms. The minimum Gasteiger partial charge on any atom is -0.310 e. The smallest absolute Gasteiger partial charge is 0.0542 e. The number of nitrogens with zero attached hydrogens (tertiary/aromatic N) is 4. The first-order valence-corrected chi connectivity index (χ1v) is 30.8. The Morgan fingerprint density at radius 1 is 0.198 bits per heavy atom. The molecule has 0 atom stereocenters. The Morgan fingerprint density at radius 3 is 0.814 bits per heavy atom. The number of hydrogen-bond donors (Lipinski definition) is 0. The van der Waals surface area contributed by atoms with E-state index in [1.54, 1.807) is 0 Å². The molecule has 4 nitrogen and oxygen atoms in total. The lowest BCUT2D eigenvalue weighted by Gasteiger charge is -2.27. The molecule has 0 bridgehead atoms. The van der Waals surface area contributed by atoms with E-state index in [4.69, 9.17) is 0 Å². The lowest BCUT2D eigenvalue weighted by Crippen LogP contribution is -2.10. The predicted octanol–water partition coefficient (Wildman–Crippen LogP) is 23.3. The zero-order valence-electron chi connectivity index (χ0n) is 46.8.